The van der Waals surface area contributed by atoms with Crippen LogP contribution in [-0.4, -0.2) is 27.1 Å². The fourth-order valence-electron chi connectivity index (χ4n) is 3.17. The third-order valence-corrected chi connectivity index (χ3v) is 5.73. The van der Waals surface area contributed by atoms with Crippen molar-refractivity contribution in [2.75, 3.05) is 22.4 Å². The molecule has 2 rings (SSSR count). The molecule has 0 bridgehead atoms. The number of amides is 1. The van der Waals surface area contributed by atoms with Crippen LogP contribution in [0.5, 0.6) is 0 Å². The molecule has 5 nitrogen and oxygen atoms in total. The van der Waals surface area contributed by atoms with Crippen LogP contribution < -0.4 is 9.62 Å². The predicted octanol–water partition coefficient (Wildman–Crippen LogP) is 3.91. The number of aryl methyl sites for hydroxylation is 3. The van der Waals surface area contributed by atoms with Gasteiger partial charge in [-0.15, -0.1) is 0 Å². The van der Waals surface area contributed by atoms with E-state index in [-0.39, 0.29) is 18.9 Å². The molecule has 1 amide bonds. The van der Waals surface area contributed by atoms with Crippen molar-refractivity contribution in [2.24, 2.45) is 0 Å². The summed E-state index contributed by atoms with van der Waals surface area (Å²) in [4.78, 5) is 12.5. The van der Waals surface area contributed by atoms with Crippen LogP contribution in [0, 0.1) is 6.92 Å². The number of nitrogens with one attached hydrogen (secondary N) is 1. The molecule has 2 aromatic rings. The van der Waals surface area contributed by atoms with Gasteiger partial charge in [0.05, 0.1) is 11.9 Å². The normalized spacial score (nSPS) is 11.3. The number of para-hydroxylation sites is 2. The van der Waals surface area contributed by atoms with Crippen molar-refractivity contribution in [3.05, 3.63) is 59.2 Å². The first-order valence-electron chi connectivity index (χ1n) is 9.21. The standard InChI is InChI=1S/C21H28N2O3S/c1-5-17-11-7-8-13-19(17)22-20(24)14-15-23(27(4,25)26)21-16(3)10-9-12-18(21)6-2/h7-13H,5-6,14-15H2,1-4H3,(H,22,24). The second-order valence-electron chi connectivity index (χ2n) is 6.58. The smallest absolute Gasteiger partial charge is 0.232 e. The molecule has 0 unspecified atom stereocenters. The Bertz CT molecular complexity index is 907. The van der Waals surface area contributed by atoms with E-state index in [2.05, 4.69) is 5.32 Å². The largest absolute Gasteiger partial charge is 0.326 e. The van der Waals surface area contributed by atoms with E-state index in [1.807, 2.05) is 63.2 Å². The van der Waals surface area contributed by atoms with Crippen molar-refractivity contribution in [1.29, 1.82) is 0 Å². The molecule has 0 saturated heterocycles. The molecule has 1 N–H and O–H groups in total. The highest BCUT2D eigenvalue weighted by atomic mass is 32.2. The summed E-state index contributed by atoms with van der Waals surface area (Å²) in [6.07, 6.45) is 2.81. The van der Waals surface area contributed by atoms with Gasteiger partial charge in [0.15, 0.2) is 0 Å². The molecule has 146 valence electrons. The van der Waals surface area contributed by atoms with Crippen molar-refractivity contribution in [3.8, 4) is 0 Å². The van der Waals surface area contributed by atoms with Crippen molar-refractivity contribution in [1.82, 2.24) is 0 Å². The summed E-state index contributed by atoms with van der Waals surface area (Å²) in [5, 5.41) is 2.90. The number of carbonyl (C=O) groups is 1. The quantitative estimate of drug-likeness (QED) is 0.745. The van der Waals surface area contributed by atoms with E-state index in [0.29, 0.717) is 5.69 Å². The number of nitrogens with zero attached hydrogens (tertiary/aromatic N) is 1. The molecular formula is C21H28N2O3S. The summed E-state index contributed by atoms with van der Waals surface area (Å²) in [6.45, 7) is 6.02. The Labute approximate surface area is 162 Å². The number of anilines is 2. The summed E-state index contributed by atoms with van der Waals surface area (Å²) in [5.74, 6) is -0.198. The fourth-order valence-corrected chi connectivity index (χ4v) is 4.19. The molecule has 0 heterocycles. The van der Waals surface area contributed by atoms with Crippen molar-refractivity contribution in [2.45, 2.75) is 40.0 Å². The Morgan fingerprint density at radius 3 is 2.26 bits per heavy atom. The monoisotopic (exact) mass is 388 g/mol. The third kappa shape index (κ3) is 5.32. The molecule has 27 heavy (non-hydrogen) atoms. The van der Waals surface area contributed by atoms with Gasteiger partial charge >= 0.3 is 0 Å². The van der Waals surface area contributed by atoms with Gasteiger partial charge < -0.3 is 5.32 Å². The first kappa shape index (κ1) is 21.0. The van der Waals surface area contributed by atoms with Gasteiger partial charge in [-0.3, -0.25) is 9.10 Å². The van der Waals surface area contributed by atoms with E-state index in [9.17, 15) is 13.2 Å². The molecular weight excluding hydrogens is 360 g/mol. The summed E-state index contributed by atoms with van der Waals surface area (Å²) >= 11 is 0. The van der Waals surface area contributed by atoms with Gasteiger partial charge in [0.2, 0.25) is 15.9 Å². The zero-order chi connectivity index (χ0) is 20.0. The average molecular weight is 389 g/mol. The Hall–Kier alpha value is -2.34. The average Bonchev–Trinajstić information content (AvgIpc) is 2.62. The van der Waals surface area contributed by atoms with E-state index in [1.165, 1.54) is 10.6 Å². The number of sulfonamides is 1. The highest BCUT2D eigenvalue weighted by molar-refractivity contribution is 7.92. The first-order chi connectivity index (χ1) is 12.8. The minimum Gasteiger partial charge on any atom is -0.326 e. The van der Waals surface area contributed by atoms with Crippen molar-refractivity contribution < 1.29 is 13.2 Å². The van der Waals surface area contributed by atoms with Gasteiger partial charge in [0.1, 0.15) is 0 Å². The molecule has 0 aliphatic heterocycles. The highest BCUT2D eigenvalue weighted by Crippen LogP contribution is 2.28. The van der Waals surface area contributed by atoms with Gasteiger partial charge in [-0.1, -0.05) is 50.2 Å². The van der Waals surface area contributed by atoms with Crippen LogP contribution in [0.3, 0.4) is 0 Å². The van der Waals surface area contributed by atoms with Crippen LogP contribution >= 0.6 is 0 Å². The molecule has 2 aromatic carbocycles. The fraction of sp³-hybridized carbons (Fsp3) is 0.381. The molecule has 0 fully saturated rings. The van der Waals surface area contributed by atoms with Gasteiger partial charge in [-0.25, -0.2) is 8.42 Å². The lowest BCUT2D eigenvalue weighted by atomic mass is 10.1. The van der Waals surface area contributed by atoms with Crippen LogP contribution in [0.15, 0.2) is 42.5 Å². The summed E-state index contributed by atoms with van der Waals surface area (Å²) in [6, 6.07) is 13.4. The van der Waals surface area contributed by atoms with Crippen molar-refractivity contribution in [3.63, 3.8) is 0 Å². The summed E-state index contributed by atoms with van der Waals surface area (Å²) in [7, 11) is -3.50. The number of rotatable bonds is 8. The molecule has 0 spiro atoms. The van der Waals surface area contributed by atoms with E-state index >= 15 is 0 Å². The summed E-state index contributed by atoms with van der Waals surface area (Å²) in [5.41, 5.74) is 4.36. The first-order valence-corrected chi connectivity index (χ1v) is 11.1. The van der Waals surface area contributed by atoms with E-state index in [0.717, 1.165) is 35.2 Å². The molecule has 0 aliphatic carbocycles. The molecule has 0 aliphatic rings. The van der Waals surface area contributed by atoms with Crippen LogP contribution in [0.25, 0.3) is 0 Å². The van der Waals surface area contributed by atoms with Crippen molar-refractivity contribution >= 4 is 27.3 Å². The molecule has 0 radical (unpaired) electrons. The van der Waals surface area contributed by atoms with Gasteiger partial charge in [-0.05, 0) is 42.5 Å². The Morgan fingerprint density at radius 2 is 1.63 bits per heavy atom. The van der Waals surface area contributed by atoms with Gasteiger partial charge in [0.25, 0.3) is 0 Å². The molecule has 6 heteroatoms. The maximum absolute atomic E-state index is 12.5. The lowest BCUT2D eigenvalue weighted by Crippen LogP contribution is -2.34. The van der Waals surface area contributed by atoms with E-state index in [4.69, 9.17) is 0 Å². The second kappa shape index (κ2) is 9.04. The van der Waals surface area contributed by atoms with Crippen LogP contribution in [0.2, 0.25) is 0 Å². The molecule has 0 aromatic heterocycles. The van der Waals surface area contributed by atoms with E-state index in [1.54, 1.807) is 0 Å². The Morgan fingerprint density at radius 1 is 1.00 bits per heavy atom. The highest BCUT2D eigenvalue weighted by Gasteiger charge is 2.22. The minimum atomic E-state index is -3.50. The number of hydrogen-bond acceptors (Lipinski definition) is 3. The number of benzene rings is 2. The lowest BCUT2D eigenvalue weighted by molar-refractivity contribution is -0.116. The maximum atomic E-state index is 12.5. The Kier molecular flexibility index (Phi) is 7.02. The van der Waals surface area contributed by atoms with Crippen LogP contribution in [0.1, 0.15) is 37.0 Å². The van der Waals surface area contributed by atoms with E-state index < -0.39 is 10.0 Å². The van der Waals surface area contributed by atoms with Gasteiger partial charge in [0, 0.05) is 18.7 Å². The van der Waals surface area contributed by atoms with Gasteiger partial charge in [-0.2, -0.15) is 0 Å². The number of carbonyl (C=O) groups excluding carboxylic acids is 1. The molecule has 0 saturated carbocycles. The zero-order valence-electron chi connectivity index (χ0n) is 16.5. The predicted molar refractivity (Wildman–Crippen MR) is 112 cm³/mol. The lowest BCUT2D eigenvalue weighted by Gasteiger charge is -2.26. The Balaban J connectivity index is 2.20. The minimum absolute atomic E-state index is 0.0859. The second-order valence-corrected chi connectivity index (χ2v) is 8.49. The third-order valence-electron chi connectivity index (χ3n) is 4.57. The maximum Gasteiger partial charge on any atom is 0.232 e. The number of hydrogen-bond donors (Lipinski definition) is 1. The summed E-state index contributed by atoms with van der Waals surface area (Å²) < 4.78 is 26.2. The molecule has 0 atom stereocenters. The van der Waals surface area contributed by atoms with Crippen LogP contribution in [0.4, 0.5) is 11.4 Å². The topological polar surface area (TPSA) is 66.5 Å². The SMILES string of the molecule is CCc1ccccc1NC(=O)CCN(c1c(C)cccc1CC)S(C)(=O)=O. The van der Waals surface area contributed by atoms with Crippen LogP contribution in [-0.2, 0) is 27.7 Å². The zero-order valence-corrected chi connectivity index (χ0v) is 17.3.